The molecule has 0 saturated heterocycles. The molecule has 2 aromatic rings. The van der Waals surface area contributed by atoms with Crippen molar-refractivity contribution in [3.63, 3.8) is 0 Å². The summed E-state index contributed by atoms with van der Waals surface area (Å²) >= 11 is 8.11. The summed E-state index contributed by atoms with van der Waals surface area (Å²) in [4.78, 5) is 20.4. The number of hydrazone groups is 1. The number of nitrogens with zero attached hydrogens (tertiary/aromatic N) is 3. The highest BCUT2D eigenvalue weighted by Crippen LogP contribution is 2.33. The highest BCUT2D eigenvalue weighted by atomic mass is 79.9. The summed E-state index contributed by atoms with van der Waals surface area (Å²) in [5.41, 5.74) is 5.06. The molecule has 132 valence electrons. The monoisotopic (exact) mass is 486 g/mol. The van der Waals surface area contributed by atoms with Crippen LogP contribution in [0.25, 0.3) is 0 Å². The molecule has 9 heteroatoms. The summed E-state index contributed by atoms with van der Waals surface area (Å²) in [5, 5.41) is 4.55. The number of amides is 1. The van der Waals surface area contributed by atoms with Gasteiger partial charge in [-0.1, -0.05) is 11.8 Å². The molecule has 0 saturated carbocycles. The van der Waals surface area contributed by atoms with Crippen LogP contribution < -0.4 is 10.2 Å². The van der Waals surface area contributed by atoms with Gasteiger partial charge < -0.3 is 4.74 Å². The SMILES string of the molecule is COc1c(Br)cc(/C=N\NC(=O)CSc2nc(C)cc(C)n2)cc1Br. The van der Waals surface area contributed by atoms with Gasteiger partial charge in [0.25, 0.3) is 5.91 Å². The highest BCUT2D eigenvalue weighted by Gasteiger charge is 2.07. The molecular formula is C16H16Br2N4O2S. The molecule has 2 rings (SSSR count). The fourth-order valence-corrected chi connectivity index (χ4v) is 4.24. The summed E-state index contributed by atoms with van der Waals surface area (Å²) in [6.07, 6.45) is 1.56. The third-order valence-corrected chi connectivity index (χ3v) is 4.95. The Kier molecular flexibility index (Phi) is 7.39. The zero-order valence-corrected chi connectivity index (χ0v) is 17.8. The van der Waals surface area contributed by atoms with E-state index in [1.807, 2.05) is 32.0 Å². The highest BCUT2D eigenvalue weighted by molar-refractivity contribution is 9.11. The number of aromatic nitrogens is 2. The van der Waals surface area contributed by atoms with E-state index in [0.717, 1.165) is 25.9 Å². The third-order valence-electron chi connectivity index (χ3n) is 2.92. The van der Waals surface area contributed by atoms with Gasteiger partial charge in [0.15, 0.2) is 5.16 Å². The first kappa shape index (κ1) is 19.9. The van der Waals surface area contributed by atoms with Gasteiger partial charge in [0.05, 0.1) is 28.0 Å². The number of benzene rings is 1. The van der Waals surface area contributed by atoms with Crippen molar-refractivity contribution in [1.29, 1.82) is 0 Å². The summed E-state index contributed by atoms with van der Waals surface area (Å²) in [5.74, 6) is 0.664. The van der Waals surface area contributed by atoms with Crippen molar-refractivity contribution in [2.75, 3.05) is 12.9 Å². The maximum absolute atomic E-state index is 11.9. The van der Waals surface area contributed by atoms with Gasteiger partial charge in [-0.25, -0.2) is 15.4 Å². The maximum Gasteiger partial charge on any atom is 0.250 e. The Bertz CT molecular complexity index is 771. The number of rotatable bonds is 6. The summed E-state index contributed by atoms with van der Waals surface area (Å²) in [6.45, 7) is 3.79. The van der Waals surface area contributed by atoms with Crippen LogP contribution in [0.5, 0.6) is 5.75 Å². The first-order valence-corrected chi connectivity index (χ1v) is 9.76. The number of thioether (sulfide) groups is 1. The van der Waals surface area contributed by atoms with Gasteiger partial charge >= 0.3 is 0 Å². The van der Waals surface area contributed by atoms with Crippen molar-refractivity contribution in [3.05, 3.63) is 44.1 Å². The Morgan fingerprint density at radius 3 is 2.40 bits per heavy atom. The molecule has 0 unspecified atom stereocenters. The van der Waals surface area contributed by atoms with Gasteiger partial charge in [-0.2, -0.15) is 5.10 Å². The van der Waals surface area contributed by atoms with Crippen LogP contribution in [0.1, 0.15) is 17.0 Å². The average Bonchev–Trinajstić information content (AvgIpc) is 2.52. The molecule has 0 bridgehead atoms. The number of hydrogen-bond donors (Lipinski definition) is 1. The second-order valence-corrected chi connectivity index (χ2v) is 7.68. The van der Waals surface area contributed by atoms with Crippen LogP contribution in [0.4, 0.5) is 0 Å². The van der Waals surface area contributed by atoms with Crippen molar-refractivity contribution in [3.8, 4) is 5.75 Å². The molecule has 0 aliphatic rings. The maximum atomic E-state index is 11.9. The Hall–Kier alpha value is -1.45. The lowest BCUT2D eigenvalue weighted by molar-refractivity contribution is -0.118. The molecule has 0 spiro atoms. The zero-order valence-electron chi connectivity index (χ0n) is 13.8. The quantitative estimate of drug-likeness (QED) is 0.289. The molecule has 0 aliphatic heterocycles. The van der Waals surface area contributed by atoms with Crippen molar-refractivity contribution in [2.45, 2.75) is 19.0 Å². The van der Waals surface area contributed by atoms with Crippen LogP contribution in [0.2, 0.25) is 0 Å². The number of nitrogens with one attached hydrogen (secondary N) is 1. The summed E-state index contributed by atoms with van der Waals surface area (Å²) in [6, 6.07) is 5.58. The van der Waals surface area contributed by atoms with Crippen molar-refractivity contribution in [1.82, 2.24) is 15.4 Å². The average molecular weight is 488 g/mol. The number of halogens is 2. The Labute approximate surface area is 167 Å². The van der Waals surface area contributed by atoms with E-state index in [1.54, 1.807) is 13.3 Å². The number of hydrogen-bond acceptors (Lipinski definition) is 6. The zero-order chi connectivity index (χ0) is 18.4. The standard InChI is InChI=1S/C16H16Br2N4O2S/c1-9-4-10(2)21-16(20-9)25-8-14(23)22-19-7-11-5-12(17)15(24-3)13(18)6-11/h4-7H,8H2,1-3H3,(H,22,23)/b19-7-. The van der Waals surface area contributed by atoms with E-state index in [-0.39, 0.29) is 11.7 Å². The van der Waals surface area contributed by atoms with E-state index < -0.39 is 0 Å². The summed E-state index contributed by atoms with van der Waals surface area (Å²) in [7, 11) is 1.59. The molecule has 0 radical (unpaired) electrons. The number of carbonyl (C=O) groups is 1. The topological polar surface area (TPSA) is 76.5 Å². The van der Waals surface area contributed by atoms with Gasteiger partial charge in [-0.15, -0.1) is 0 Å². The van der Waals surface area contributed by atoms with Gasteiger partial charge in [-0.3, -0.25) is 4.79 Å². The molecule has 0 aliphatic carbocycles. The lowest BCUT2D eigenvalue weighted by Gasteiger charge is -2.06. The largest absolute Gasteiger partial charge is 0.494 e. The molecular weight excluding hydrogens is 472 g/mol. The summed E-state index contributed by atoms with van der Waals surface area (Å²) < 4.78 is 6.82. The van der Waals surface area contributed by atoms with Crippen molar-refractivity contribution in [2.24, 2.45) is 5.10 Å². The Balaban J connectivity index is 1.90. The number of carbonyl (C=O) groups excluding carboxylic acids is 1. The first-order valence-electron chi connectivity index (χ1n) is 7.19. The van der Waals surface area contributed by atoms with Gasteiger partial charge in [0, 0.05) is 11.4 Å². The molecule has 1 aromatic carbocycles. The lowest BCUT2D eigenvalue weighted by Crippen LogP contribution is -2.19. The van der Waals surface area contributed by atoms with Crippen molar-refractivity contribution >= 4 is 55.7 Å². The molecule has 1 amide bonds. The van der Waals surface area contributed by atoms with Crippen LogP contribution in [0, 0.1) is 13.8 Å². The van der Waals surface area contributed by atoms with Crippen LogP contribution in [-0.2, 0) is 4.79 Å². The smallest absolute Gasteiger partial charge is 0.250 e. The molecule has 0 fully saturated rings. The predicted octanol–water partition coefficient (Wildman–Crippen LogP) is 3.87. The van der Waals surface area contributed by atoms with E-state index in [0.29, 0.717) is 10.9 Å². The fraction of sp³-hybridized carbons (Fsp3) is 0.250. The van der Waals surface area contributed by atoms with E-state index in [9.17, 15) is 4.79 Å². The van der Waals surface area contributed by atoms with Gasteiger partial charge in [0.1, 0.15) is 5.75 Å². The fourth-order valence-electron chi connectivity index (χ4n) is 1.95. The van der Waals surface area contributed by atoms with Crippen LogP contribution in [-0.4, -0.2) is 35.0 Å². The molecule has 25 heavy (non-hydrogen) atoms. The Morgan fingerprint density at radius 1 is 1.24 bits per heavy atom. The predicted molar refractivity (Wildman–Crippen MR) is 106 cm³/mol. The van der Waals surface area contributed by atoms with Crippen molar-refractivity contribution < 1.29 is 9.53 Å². The van der Waals surface area contributed by atoms with Gasteiger partial charge in [-0.05, 0) is 69.5 Å². The first-order chi connectivity index (χ1) is 11.9. The van der Waals surface area contributed by atoms with E-state index >= 15 is 0 Å². The number of aryl methyl sites for hydroxylation is 2. The van der Waals surface area contributed by atoms with Crippen LogP contribution in [0.15, 0.2) is 37.4 Å². The van der Waals surface area contributed by atoms with E-state index in [2.05, 4.69) is 52.4 Å². The number of methoxy groups -OCH3 is 1. The Morgan fingerprint density at radius 2 is 1.84 bits per heavy atom. The second-order valence-electron chi connectivity index (χ2n) is 5.03. The van der Waals surface area contributed by atoms with E-state index in [1.165, 1.54) is 11.8 Å². The molecule has 1 N–H and O–H groups in total. The normalized spacial score (nSPS) is 10.9. The minimum Gasteiger partial charge on any atom is -0.494 e. The molecule has 1 aromatic heterocycles. The molecule has 1 heterocycles. The minimum absolute atomic E-state index is 0.191. The second kappa shape index (κ2) is 9.30. The minimum atomic E-state index is -0.226. The van der Waals surface area contributed by atoms with E-state index in [4.69, 9.17) is 4.74 Å². The lowest BCUT2D eigenvalue weighted by atomic mass is 10.2. The van der Waals surface area contributed by atoms with Gasteiger partial charge in [0.2, 0.25) is 0 Å². The molecule has 0 atom stereocenters. The number of ether oxygens (including phenoxy) is 1. The van der Waals surface area contributed by atoms with Crippen LogP contribution in [0.3, 0.4) is 0 Å². The third kappa shape index (κ3) is 6.09. The van der Waals surface area contributed by atoms with Crippen LogP contribution >= 0.6 is 43.6 Å². The molecule has 6 nitrogen and oxygen atoms in total.